The van der Waals surface area contributed by atoms with Crippen molar-refractivity contribution >= 4 is 11.9 Å². The summed E-state index contributed by atoms with van der Waals surface area (Å²) in [7, 11) is 0. The molecule has 0 aliphatic carbocycles. The Kier molecular flexibility index (Phi) is 7.81. The quantitative estimate of drug-likeness (QED) is 0.354. The lowest BCUT2D eigenvalue weighted by Crippen LogP contribution is -2.45. The number of hydrogen-bond donors (Lipinski definition) is 3. The van der Waals surface area contributed by atoms with Gasteiger partial charge in [-0.25, -0.2) is 13.8 Å². The average Bonchev–Trinajstić information content (AvgIpc) is 3.51. The van der Waals surface area contributed by atoms with Crippen LogP contribution in [0.15, 0.2) is 42.9 Å². The van der Waals surface area contributed by atoms with Gasteiger partial charge in [0.2, 0.25) is 0 Å². The van der Waals surface area contributed by atoms with Gasteiger partial charge in [-0.15, -0.1) is 0 Å². The molecule has 1 atom stereocenters. The number of carbonyl (C=O) groups is 2. The van der Waals surface area contributed by atoms with Crippen LogP contribution in [0.4, 0.5) is 22.0 Å². The Labute approximate surface area is 213 Å². The summed E-state index contributed by atoms with van der Waals surface area (Å²) in [6, 6.07) is 3.87. The lowest BCUT2D eigenvalue weighted by Gasteiger charge is -2.33. The zero-order valence-electron chi connectivity index (χ0n) is 20.0. The van der Waals surface area contributed by atoms with Crippen LogP contribution in [-0.4, -0.2) is 73.2 Å². The van der Waals surface area contributed by atoms with E-state index in [-0.39, 0.29) is 36.6 Å². The summed E-state index contributed by atoms with van der Waals surface area (Å²) in [5.41, 5.74) is -1.15. The zero-order valence-corrected chi connectivity index (χ0v) is 20.0. The molecule has 4 rings (SSSR count). The molecule has 0 radical (unpaired) electrons. The number of hydrogen-bond acceptors (Lipinski definition) is 5. The predicted octanol–water partition coefficient (Wildman–Crippen LogP) is 3.98. The standard InChI is InChI=1S/C24H25F5N6O3/c25-23(26)7-3-8-34(14-23)9-6-16(10-20(36)37)32-22(38)18-13-35(21(33-18)15-11-30-31-12-15)19-5-2-1-4-17(19)24(27,28)29/h1-2,4-5,11-13,16H,3,6-10,14H2,(H,30,31)(H,32,38)(H,36,37). The summed E-state index contributed by atoms with van der Waals surface area (Å²) in [6.45, 7) is 0.125. The van der Waals surface area contributed by atoms with Gasteiger partial charge in [0.15, 0.2) is 0 Å². The Hall–Kier alpha value is -3.81. The Morgan fingerprint density at radius 2 is 2.00 bits per heavy atom. The highest BCUT2D eigenvalue weighted by Crippen LogP contribution is 2.35. The molecule has 0 bridgehead atoms. The van der Waals surface area contributed by atoms with E-state index in [1.165, 1.54) is 35.5 Å². The smallest absolute Gasteiger partial charge is 0.418 e. The highest BCUT2D eigenvalue weighted by atomic mass is 19.4. The van der Waals surface area contributed by atoms with E-state index in [2.05, 4.69) is 20.5 Å². The first-order chi connectivity index (χ1) is 17.9. The number of imidazole rings is 1. The van der Waals surface area contributed by atoms with E-state index in [4.69, 9.17) is 0 Å². The number of nitrogens with zero attached hydrogens (tertiary/aromatic N) is 4. The number of para-hydroxylation sites is 1. The number of rotatable bonds is 9. The first-order valence-electron chi connectivity index (χ1n) is 11.8. The number of carbonyl (C=O) groups excluding carboxylic acids is 1. The molecule has 1 aliphatic rings. The summed E-state index contributed by atoms with van der Waals surface area (Å²) < 4.78 is 69.7. The normalized spacial score (nSPS) is 16.8. The molecule has 3 N–H and O–H groups in total. The number of carboxylic acids is 1. The van der Waals surface area contributed by atoms with E-state index < -0.39 is 48.5 Å². The summed E-state index contributed by atoms with van der Waals surface area (Å²) in [5.74, 6) is -4.84. The Balaban J connectivity index is 1.59. The van der Waals surface area contributed by atoms with E-state index >= 15 is 0 Å². The molecule has 1 amide bonds. The van der Waals surface area contributed by atoms with Crippen LogP contribution in [0.3, 0.4) is 0 Å². The van der Waals surface area contributed by atoms with Gasteiger partial charge < -0.3 is 10.4 Å². The number of likely N-dealkylation sites (tertiary alicyclic amines) is 1. The minimum Gasteiger partial charge on any atom is -0.481 e. The van der Waals surface area contributed by atoms with Crippen molar-refractivity contribution in [1.29, 1.82) is 0 Å². The van der Waals surface area contributed by atoms with E-state index in [9.17, 15) is 36.6 Å². The molecule has 9 nitrogen and oxygen atoms in total. The number of piperidine rings is 1. The third kappa shape index (κ3) is 6.54. The number of H-pyrrole nitrogens is 1. The van der Waals surface area contributed by atoms with E-state index in [1.54, 1.807) is 0 Å². The maximum Gasteiger partial charge on any atom is 0.418 e. The average molecular weight is 540 g/mol. The van der Waals surface area contributed by atoms with Crippen LogP contribution in [0.2, 0.25) is 0 Å². The number of benzene rings is 1. The first-order valence-corrected chi connectivity index (χ1v) is 11.8. The predicted molar refractivity (Wildman–Crippen MR) is 125 cm³/mol. The summed E-state index contributed by atoms with van der Waals surface area (Å²) >= 11 is 0. The maximum atomic E-state index is 13.7. The van der Waals surface area contributed by atoms with Crippen LogP contribution in [0, 0.1) is 0 Å². The van der Waals surface area contributed by atoms with Gasteiger partial charge in [-0.1, -0.05) is 12.1 Å². The molecule has 1 aliphatic heterocycles. The van der Waals surface area contributed by atoms with Gasteiger partial charge in [-0.2, -0.15) is 18.3 Å². The molecule has 0 spiro atoms. The van der Waals surface area contributed by atoms with Gasteiger partial charge in [0, 0.05) is 31.4 Å². The SMILES string of the molecule is O=C(O)CC(CCN1CCCC(F)(F)C1)NC(=O)c1cn(-c2ccccc2C(F)(F)F)c(-c2cn[nH]c2)n1. The first kappa shape index (κ1) is 27.2. The van der Waals surface area contributed by atoms with Crippen molar-refractivity contribution in [3.05, 3.63) is 54.1 Å². The van der Waals surface area contributed by atoms with Crippen LogP contribution < -0.4 is 5.32 Å². The molecule has 3 aromatic rings. The fourth-order valence-corrected chi connectivity index (χ4v) is 4.44. The molecular weight excluding hydrogens is 515 g/mol. The third-order valence-electron chi connectivity index (χ3n) is 6.19. The van der Waals surface area contributed by atoms with Gasteiger partial charge in [-0.05, 0) is 31.5 Å². The lowest BCUT2D eigenvalue weighted by atomic mass is 10.1. The zero-order chi connectivity index (χ0) is 27.5. The van der Waals surface area contributed by atoms with Crippen molar-refractivity contribution in [3.8, 4) is 17.1 Å². The second kappa shape index (κ2) is 10.9. The van der Waals surface area contributed by atoms with Gasteiger partial charge in [0.25, 0.3) is 11.8 Å². The Bertz CT molecular complexity index is 1270. The summed E-state index contributed by atoms with van der Waals surface area (Å²) in [4.78, 5) is 30.2. The molecule has 1 aromatic carbocycles. The number of alkyl halides is 5. The lowest BCUT2D eigenvalue weighted by molar-refractivity contribution is -0.138. The van der Waals surface area contributed by atoms with Gasteiger partial charge >= 0.3 is 12.1 Å². The van der Waals surface area contributed by atoms with E-state index in [0.29, 0.717) is 18.5 Å². The number of aromatic nitrogens is 4. The number of amides is 1. The second-order valence-electron chi connectivity index (χ2n) is 9.11. The molecule has 14 heteroatoms. The molecule has 3 heterocycles. The Morgan fingerprint density at radius 3 is 2.66 bits per heavy atom. The van der Waals surface area contributed by atoms with Crippen molar-refractivity contribution in [2.75, 3.05) is 19.6 Å². The number of aromatic amines is 1. The van der Waals surface area contributed by atoms with Crippen molar-refractivity contribution in [2.45, 2.75) is 43.8 Å². The van der Waals surface area contributed by atoms with Crippen molar-refractivity contribution in [1.82, 2.24) is 30.0 Å². The molecule has 1 saturated heterocycles. The minimum atomic E-state index is -4.69. The van der Waals surface area contributed by atoms with Crippen molar-refractivity contribution < 1.29 is 36.6 Å². The molecule has 204 valence electrons. The van der Waals surface area contributed by atoms with E-state index in [0.717, 1.165) is 16.8 Å². The monoisotopic (exact) mass is 540 g/mol. The number of carboxylic acid groups (broad SMARTS) is 1. The molecule has 1 fully saturated rings. The van der Waals surface area contributed by atoms with Crippen LogP contribution in [-0.2, 0) is 11.0 Å². The Morgan fingerprint density at radius 1 is 1.24 bits per heavy atom. The van der Waals surface area contributed by atoms with Crippen LogP contribution in [0.5, 0.6) is 0 Å². The van der Waals surface area contributed by atoms with Crippen molar-refractivity contribution in [2.24, 2.45) is 0 Å². The molecule has 2 aromatic heterocycles. The fraction of sp³-hybridized carbons (Fsp3) is 0.417. The topological polar surface area (TPSA) is 116 Å². The highest BCUT2D eigenvalue weighted by molar-refractivity contribution is 5.93. The molecule has 0 saturated carbocycles. The van der Waals surface area contributed by atoms with Crippen LogP contribution >= 0.6 is 0 Å². The van der Waals surface area contributed by atoms with Crippen LogP contribution in [0.25, 0.3) is 17.1 Å². The van der Waals surface area contributed by atoms with Gasteiger partial charge in [0.1, 0.15) is 11.5 Å². The number of nitrogens with one attached hydrogen (secondary N) is 2. The summed E-state index contributed by atoms with van der Waals surface area (Å²) in [6.07, 6.45) is -1.12. The van der Waals surface area contributed by atoms with Gasteiger partial charge in [0.05, 0.1) is 36.0 Å². The molecule has 1 unspecified atom stereocenters. The van der Waals surface area contributed by atoms with E-state index in [1.807, 2.05) is 0 Å². The maximum absolute atomic E-state index is 13.7. The van der Waals surface area contributed by atoms with Crippen LogP contribution in [0.1, 0.15) is 41.7 Å². The molecule has 38 heavy (non-hydrogen) atoms. The number of halogens is 5. The third-order valence-corrected chi connectivity index (χ3v) is 6.19. The second-order valence-corrected chi connectivity index (χ2v) is 9.11. The molecular formula is C24H25F5N6O3. The fourth-order valence-electron chi connectivity index (χ4n) is 4.44. The van der Waals surface area contributed by atoms with Crippen molar-refractivity contribution in [3.63, 3.8) is 0 Å². The van der Waals surface area contributed by atoms with Gasteiger partial charge in [-0.3, -0.25) is 24.2 Å². The number of aliphatic carboxylic acids is 1. The minimum absolute atomic E-state index is 0.00549. The largest absolute Gasteiger partial charge is 0.481 e. The highest BCUT2D eigenvalue weighted by Gasteiger charge is 2.36. The summed E-state index contributed by atoms with van der Waals surface area (Å²) in [5, 5.41) is 18.2.